The van der Waals surface area contributed by atoms with Crippen LogP contribution in [0.2, 0.25) is 0 Å². The molecule has 19 heavy (non-hydrogen) atoms. The Morgan fingerprint density at radius 2 is 1.95 bits per heavy atom. The zero-order valence-corrected chi connectivity index (χ0v) is 11.7. The van der Waals surface area contributed by atoms with Gasteiger partial charge in [0.15, 0.2) is 0 Å². The second kappa shape index (κ2) is 6.20. The summed E-state index contributed by atoms with van der Waals surface area (Å²) in [4.78, 5) is 12.6. The molecule has 0 heterocycles. The number of hydrogen-bond acceptors (Lipinski definition) is 2. The lowest BCUT2D eigenvalue weighted by atomic mass is 9.73. The summed E-state index contributed by atoms with van der Waals surface area (Å²) < 4.78 is 0. The van der Waals surface area contributed by atoms with Crippen molar-refractivity contribution in [2.45, 2.75) is 45.4 Å². The highest BCUT2D eigenvalue weighted by molar-refractivity contribution is 5.96. The molecule has 0 unspecified atom stereocenters. The van der Waals surface area contributed by atoms with Gasteiger partial charge in [-0.2, -0.15) is 0 Å². The molecule has 0 radical (unpaired) electrons. The number of amides is 1. The van der Waals surface area contributed by atoms with Gasteiger partial charge in [-0.3, -0.25) is 4.79 Å². The fourth-order valence-corrected chi connectivity index (χ4v) is 2.96. The van der Waals surface area contributed by atoms with Crippen molar-refractivity contribution in [3.63, 3.8) is 0 Å². The van der Waals surface area contributed by atoms with E-state index in [9.17, 15) is 4.79 Å². The van der Waals surface area contributed by atoms with E-state index in [0.29, 0.717) is 6.54 Å². The topological polar surface area (TPSA) is 55.1 Å². The highest BCUT2D eigenvalue weighted by atomic mass is 16.2. The van der Waals surface area contributed by atoms with E-state index in [1.807, 2.05) is 18.2 Å². The lowest BCUT2D eigenvalue weighted by Crippen LogP contribution is -2.44. The van der Waals surface area contributed by atoms with Crippen molar-refractivity contribution in [2.75, 3.05) is 11.9 Å². The summed E-state index contributed by atoms with van der Waals surface area (Å²) >= 11 is 0. The summed E-state index contributed by atoms with van der Waals surface area (Å²) in [6.07, 6.45) is 6.21. The summed E-state index contributed by atoms with van der Waals surface area (Å²) in [6.45, 7) is 2.55. The largest absolute Gasteiger partial charge is 0.329 e. The number of carbonyl (C=O) groups is 1. The maximum atomic E-state index is 12.6. The van der Waals surface area contributed by atoms with E-state index in [-0.39, 0.29) is 11.3 Å². The van der Waals surface area contributed by atoms with E-state index in [4.69, 9.17) is 5.73 Å². The number of anilines is 1. The molecular weight excluding hydrogens is 236 g/mol. The van der Waals surface area contributed by atoms with Crippen LogP contribution in [0.15, 0.2) is 24.3 Å². The SMILES string of the molecule is CCc1ccccc1NC(=O)C1(CN)CCCCC1. The average molecular weight is 260 g/mol. The lowest BCUT2D eigenvalue weighted by Gasteiger charge is -2.34. The van der Waals surface area contributed by atoms with E-state index in [2.05, 4.69) is 18.3 Å². The number of nitrogens with two attached hydrogens (primary N) is 1. The predicted molar refractivity (Wildman–Crippen MR) is 79.0 cm³/mol. The summed E-state index contributed by atoms with van der Waals surface area (Å²) in [5.74, 6) is 0.107. The molecule has 0 atom stereocenters. The van der Waals surface area contributed by atoms with E-state index < -0.39 is 0 Å². The normalized spacial score (nSPS) is 18.0. The fourth-order valence-electron chi connectivity index (χ4n) is 2.96. The third-order valence-electron chi connectivity index (χ3n) is 4.33. The first-order valence-electron chi connectivity index (χ1n) is 7.31. The van der Waals surface area contributed by atoms with Crippen LogP contribution in [0, 0.1) is 5.41 Å². The number of nitrogens with one attached hydrogen (secondary N) is 1. The first kappa shape index (κ1) is 14.1. The highest BCUT2D eigenvalue weighted by Crippen LogP contribution is 2.36. The first-order valence-corrected chi connectivity index (χ1v) is 7.31. The van der Waals surface area contributed by atoms with Crippen molar-refractivity contribution in [1.29, 1.82) is 0 Å². The van der Waals surface area contributed by atoms with Gasteiger partial charge < -0.3 is 11.1 Å². The second-order valence-corrected chi connectivity index (χ2v) is 5.51. The van der Waals surface area contributed by atoms with Crippen LogP contribution in [0.3, 0.4) is 0 Å². The number of carbonyl (C=O) groups excluding carboxylic acids is 1. The van der Waals surface area contributed by atoms with Crippen molar-refractivity contribution >= 4 is 11.6 Å². The number of benzene rings is 1. The molecule has 1 aromatic rings. The third-order valence-corrected chi connectivity index (χ3v) is 4.33. The van der Waals surface area contributed by atoms with Gasteiger partial charge in [0.05, 0.1) is 5.41 Å². The van der Waals surface area contributed by atoms with Crippen molar-refractivity contribution in [3.05, 3.63) is 29.8 Å². The van der Waals surface area contributed by atoms with E-state index >= 15 is 0 Å². The van der Waals surface area contributed by atoms with Crippen LogP contribution in [-0.2, 0) is 11.2 Å². The zero-order valence-electron chi connectivity index (χ0n) is 11.7. The van der Waals surface area contributed by atoms with Crippen LogP contribution in [0.5, 0.6) is 0 Å². The molecule has 104 valence electrons. The van der Waals surface area contributed by atoms with Crippen molar-refractivity contribution in [3.8, 4) is 0 Å². The number of aryl methyl sites for hydroxylation is 1. The van der Waals surface area contributed by atoms with Crippen molar-refractivity contribution < 1.29 is 4.79 Å². The molecule has 1 saturated carbocycles. The van der Waals surface area contributed by atoms with Gasteiger partial charge in [-0.25, -0.2) is 0 Å². The zero-order chi connectivity index (χ0) is 13.7. The monoisotopic (exact) mass is 260 g/mol. The summed E-state index contributed by atoms with van der Waals surface area (Å²) in [6, 6.07) is 8.01. The predicted octanol–water partition coefficient (Wildman–Crippen LogP) is 3.10. The minimum absolute atomic E-state index is 0.107. The average Bonchev–Trinajstić information content (AvgIpc) is 2.48. The third kappa shape index (κ3) is 2.98. The second-order valence-electron chi connectivity index (χ2n) is 5.51. The Morgan fingerprint density at radius 1 is 1.26 bits per heavy atom. The van der Waals surface area contributed by atoms with Gasteiger partial charge in [0, 0.05) is 12.2 Å². The van der Waals surface area contributed by atoms with E-state index in [1.165, 1.54) is 12.0 Å². The highest BCUT2D eigenvalue weighted by Gasteiger charge is 2.38. The molecule has 0 spiro atoms. The maximum absolute atomic E-state index is 12.6. The van der Waals surface area contributed by atoms with Gasteiger partial charge in [0.2, 0.25) is 5.91 Å². The molecule has 1 amide bonds. The number of hydrogen-bond donors (Lipinski definition) is 2. The molecule has 3 heteroatoms. The number of rotatable bonds is 4. The molecule has 3 N–H and O–H groups in total. The molecule has 3 nitrogen and oxygen atoms in total. The molecule has 0 bridgehead atoms. The van der Waals surface area contributed by atoms with Crippen molar-refractivity contribution in [1.82, 2.24) is 0 Å². The van der Waals surface area contributed by atoms with Crippen LogP contribution < -0.4 is 11.1 Å². The Hall–Kier alpha value is -1.35. The Morgan fingerprint density at radius 3 is 2.58 bits per heavy atom. The molecule has 1 aliphatic carbocycles. The standard InChI is InChI=1S/C16H24N2O/c1-2-13-8-4-5-9-14(13)18-15(19)16(12-17)10-6-3-7-11-16/h4-5,8-9H,2-3,6-7,10-12,17H2,1H3,(H,18,19). The molecule has 1 fully saturated rings. The molecule has 1 aliphatic rings. The van der Waals surface area contributed by atoms with Gasteiger partial charge in [-0.05, 0) is 30.9 Å². The molecule has 2 rings (SSSR count). The summed E-state index contributed by atoms with van der Waals surface area (Å²) in [7, 11) is 0. The van der Waals surface area contributed by atoms with Gasteiger partial charge in [-0.15, -0.1) is 0 Å². The van der Waals surface area contributed by atoms with Gasteiger partial charge in [0.1, 0.15) is 0 Å². The molecule has 1 aromatic carbocycles. The van der Waals surface area contributed by atoms with Gasteiger partial charge >= 0.3 is 0 Å². The van der Waals surface area contributed by atoms with Crippen LogP contribution >= 0.6 is 0 Å². The van der Waals surface area contributed by atoms with Crippen LogP contribution in [-0.4, -0.2) is 12.5 Å². The minimum atomic E-state index is -0.348. The number of para-hydroxylation sites is 1. The van der Waals surface area contributed by atoms with Crippen molar-refractivity contribution in [2.24, 2.45) is 11.1 Å². The Balaban J connectivity index is 2.15. The Kier molecular flexibility index (Phi) is 4.59. The molecule has 0 saturated heterocycles. The fraction of sp³-hybridized carbons (Fsp3) is 0.562. The van der Waals surface area contributed by atoms with E-state index in [1.54, 1.807) is 0 Å². The Bertz CT molecular complexity index is 436. The molecular formula is C16H24N2O. The van der Waals surface area contributed by atoms with Crippen LogP contribution in [0.1, 0.15) is 44.6 Å². The van der Waals surface area contributed by atoms with Gasteiger partial charge in [0.25, 0.3) is 0 Å². The minimum Gasteiger partial charge on any atom is -0.329 e. The molecule has 0 aromatic heterocycles. The first-order chi connectivity index (χ1) is 9.22. The smallest absolute Gasteiger partial charge is 0.231 e. The van der Waals surface area contributed by atoms with Crippen LogP contribution in [0.25, 0.3) is 0 Å². The quantitative estimate of drug-likeness (QED) is 0.874. The summed E-state index contributed by atoms with van der Waals surface area (Å²) in [5, 5.41) is 3.10. The maximum Gasteiger partial charge on any atom is 0.231 e. The Labute approximate surface area is 115 Å². The van der Waals surface area contributed by atoms with E-state index in [0.717, 1.165) is 37.8 Å². The van der Waals surface area contributed by atoms with Crippen LogP contribution in [0.4, 0.5) is 5.69 Å². The van der Waals surface area contributed by atoms with Gasteiger partial charge in [-0.1, -0.05) is 44.4 Å². The summed E-state index contributed by atoms with van der Waals surface area (Å²) in [5.41, 5.74) is 7.67. The lowest BCUT2D eigenvalue weighted by molar-refractivity contribution is -0.126. The molecule has 0 aliphatic heterocycles.